The van der Waals surface area contributed by atoms with Gasteiger partial charge in [-0.15, -0.1) is 0 Å². The first-order valence-corrected chi connectivity index (χ1v) is 5.56. The molecule has 0 fully saturated rings. The Bertz CT molecular complexity index is 367. The van der Waals surface area contributed by atoms with Gasteiger partial charge in [-0.3, -0.25) is 4.21 Å². The summed E-state index contributed by atoms with van der Waals surface area (Å²) in [6.07, 6.45) is 0.591. The van der Waals surface area contributed by atoms with Crippen LogP contribution in [0.1, 0.15) is 13.3 Å². The van der Waals surface area contributed by atoms with E-state index in [9.17, 15) is 4.21 Å². The molecule has 3 nitrogen and oxygen atoms in total. The van der Waals surface area contributed by atoms with Crippen molar-refractivity contribution in [2.75, 3.05) is 5.73 Å². The maximum atomic E-state index is 11.8. The van der Waals surface area contributed by atoms with Crippen LogP contribution in [-0.4, -0.2) is 9.46 Å². The third-order valence-corrected chi connectivity index (χ3v) is 3.58. The van der Waals surface area contributed by atoms with Gasteiger partial charge in [0, 0.05) is 10.6 Å². The van der Waals surface area contributed by atoms with Gasteiger partial charge in [0.25, 0.3) is 0 Å². The highest BCUT2D eigenvalue weighted by atomic mass is 32.2. The second-order valence-electron chi connectivity index (χ2n) is 2.89. The van der Waals surface area contributed by atoms with Crippen LogP contribution < -0.4 is 5.73 Å². The summed E-state index contributed by atoms with van der Waals surface area (Å²) >= 11 is 0. The van der Waals surface area contributed by atoms with Crippen molar-refractivity contribution in [3.8, 4) is 6.07 Å². The van der Waals surface area contributed by atoms with E-state index in [1.54, 1.807) is 24.3 Å². The summed E-state index contributed by atoms with van der Waals surface area (Å²) in [5.74, 6) is 0. The lowest BCUT2D eigenvalue weighted by atomic mass is 10.3. The maximum absolute atomic E-state index is 11.8. The van der Waals surface area contributed by atoms with E-state index in [-0.39, 0.29) is 0 Å². The summed E-state index contributed by atoms with van der Waals surface area (Å²) in [4.78, 5) is 0.660. The molecular weight excluding hydrogens is 196 g/mol. The molecule has 74 valence electrons. The van der Waals surface area contributed by atoms with E-state index in [2.05, 4.69) is 0 Å². The topological polar surface area (TPSA) is 66.9 Å². The SMILES string of the molecule is CCC(C#N)S(=O)c1ccc(N)cc1. The smallest absolute Gasteiger partial charge is 0.126 e. The van der Waals surface area contributed by atoms with Crippen LogP contribution in [0.3, 0.4) is 0 Å². The fraction of sp³-hybridized carbons (Fsp3) is 0.300. The minimum absolute atomic E-state index is 0.432. The lowest BCUT2D eigenvalue weighted by molar-refractivity contribution is 0.676. The highest BCUT2D eigenvalue weighted by Gasteiger charge is 2.15. The van der Waals surface area contributed by atoms with E-state index in [1.807, 2.05) is 13.0 Å². The van der Waals surface area contributed by atoms with Crippen molar-refractivity contribution in [2.45, 2.75) is 23.5 Å². The summed E-state index contributed by atoms with van der Waals surface area (Å²) < 4.78 is 11.8. The Morgan fingerprint density at radius 1 is 1.50 bits per heavy atom. The molecule has 0 bridgehead atoms. The minimum Gasteiger partial charge on any atom is -0.399 e. The first kappa shape index (κ1) is 10.7. The third kappa shape index (κ3) is 2.33. The van der Waals surface area contributed by atoms with Gasteiger partial charge in [-0.05, 0) is 30.7 Å². The molecule has 0 aliphatic heterocycles. The molecule has 2 N–H and O–H groups in total. The Balaban J connectivity index is 2.90. The summed E-state index contributed by atoms with van der Waals surface area (Å²) in [6.45, 7) is 1.85. The molecular formula is C10H12N2OS. The van der Waals surface area contributed by atoms with Gasteiger partial charge >= 0.3 is 0 Å². The number of anilines is 1. The highest BCUT2D eigenvalue weighted by Crippen LogP contribution is 2.14. The fourth-order valence-electron chi connectivity index (χ4n) is 1.06. The molecule has 2 unspecified atom stereocenters. The third-order valence-electron chi connectivity index (χ3n) is 1.89. The summed E-state index contributed by atoms with van der Waals surface area (Å²) in [6, 6.07) is 8.82. The molecule has 0 aliphatic carbocycles. The molecule has 4 heteroatoms. The van der Waals surface area contributed by atoms with Crippen molar-refractivity contribution in [1.82, 2.24) is 0 Å². The van der Waals surface area contributed by atoms with Gasteiger partial charge in [0.1, 0.15) is 5.25 Å². The van der Waals surface area contributed by atoms with E-state index >= 15 is 0 Å². The number of hydrogen-bond donors (Lipinski definition) is 1. The Hall–Kier alpha value is -1.34. The quantitative estimate of drug-likeness (QED) is 0.768. The zero-order valence-electron chi connectivity index (χ0n) is 7.93. The Morgan fingerprint density at radius 2 is 2.07 bits per heavy atom. The molecule has 1 rings (SSSR count). The van der Waals surface area contributed by atoms with Gasteiger partial charge in [-0.2, -0.15) is 5.26 Å². The van der Waals surface area contributed by atoms with Crippen LogP contribution in [0.15, 0.2) is 29.2 Å². The minimum atomic E-state index is -1.25. The number of nitrogens with zero attached hydrogens (tertiary/aromatic N) is 1. The largest absolute Gasteiger partial charge is 0.399 e. The van der Waals surface area contributed by atoms with Gasteiger partial charge < -0.3 is 5.73 Å². The lowest BCUT2D eigenvalue weighted by Crippen LogP contribution is -2.11. The number of nitriles is 1. The predicted molar refractivity (Wildman–Crippen MR) is 57.0 cm³/mol. The van der Waals surface area contributed by atoms with Crippen LogP contribution in [-0.2, 0) is 10.8 Å². The monoisotopic (exact) mass is 208 g/mol. The van der Waals surface area contributed by atoms with Crippen LogP contribution >= 0.6 is 0 Å². The van der Waals surface area contributed by atoms with Crippen LogP contribution in [0, 0.1) is 11.3 Å². The van der Waals surface area contributed by atoms with Crippen molar-refractivity contribution < 1.29 is 4.21 Å². The summed E-state index contributed by atoms with van der Waals surface area (Å²) in [5.41, 5.74) is 6.14. The molecule has 0 aliphatic rings. The number of nitrogens with two attached hydrogens (primary N) is 1. The van der Waals surface area contributed by atoms with Crippen molar-refractivity contribution in [3.05, 3.63) is 24.3 Å². The van der Waals surface area contributed by atoms with Crippen LogP contribution in [0.5, 0.6) is 0 Å². The van der Waals surface area contributed by atoms with Gasteiger partial charge in [-0.25, -0.2) is 0 Å². The van der Waals surface area contributed by atoms with Crippen molar-refractivity contribution >= 4 is 16.5 Å². The molecule has 0 radical (unpaired) electrons. The van der Waals surface area contributed by atoms with E-state index in [0.29, 0.717) is 17.0 Å². The fourth-order valence-corrected chi connectivity index (χ4v) is 2.19. The number of hydrogen-bond acceptors (Lipinski definition) is 3. The van der Waals surface area contributed by atoms with E-state index in [4.69, 9.17) is 11.0 Å². The first-order chi connectivity index (χ1) is 6.69. The van der Waals surface area contributed by atoms with Crippen molar-refractivity contribution in [3.63, 3.8) is 0 Å². The van der Waals surface area contributed by atoms with E-state index < -0.39 is 16.0 Å². The van der Waals surface area contributed by atoms with E-state index in [0.717, 1.165) is 0 Å². The molecule has 0 aromatic heterocycles. The summed E-state index contributed by atoms with van der Waals surface area (Å²) in [7, 11) is -1.25. The number of rotatable bonds is 3. The molecule has 0 saturated carbocycles. The zero-order chi connectivity index (χ0) is 10.6. The second kappa shape index (κ2) is 4.77. The first-order valence-electron chi connectivity index (χ1n) is 4.34. The standard InChI is InChI=1S/C10H12N2OS/c1-2-9(7-11)14(13)10-5-3-8(12)4-6-10/h3-6,9H,2,12H2,1H3. The van der Waals surface area contributed by atoms with Gasteiger partial charge in [0.2, 0.25) is 0 Å². The maximum Gasteiger partial charge on any atom is 0.126 e. The molecule has 2 atom stereocenters. The molecule has 0 saturated heterocycles. The average molecular weight is 208 g/mol. The molecule has 0 amide bonds. The van der Waals surface area contributed by atoms with Crippen LogP contribution in [0.4, 0.5) is 5.69 Å². The Morgan fingerprint density at radius 3 is 2.50 bits per heavy atom. The van der Waals surface area contributed by atoms with Crippen molar-refractivity contribution in [2.24, 2.45) is 0 Å². The highest BCUT2D eigenvalue weighted by molar-refractivity contribution is 7.86. The average Bonchev–Trinajstić information content (AvgIpc) is 2.20. The molecule has 1 aromatic carbocycles. The number of nitrogen functional groups attached to an aromatic ring is 1. The number of benzene rings is 1. The van der Waals surface area contributed by atoms with Crippen LogP contribution in [0.25, 0.3) is 0 Å². The second-order valence-corrected chi connectivity index (χ2v) is 4.53. The van der Waals surface area contributed by atoms with Crippen LogP contribution in [0.2, 0.25) is 0 Å². The van der Waals surface area contributed by atoms with Gasteiger partial charge in [-0.1, -0.05) is 6.92 Å². The normalized spacial score (nSPS) is 14.3. The van der Waals surface area contributed by atoms with E-state index in [1.165, 1.54) is 0 Å². The molecule has 0 heterocycles. The zero-order valence-corrected chi connectivity index (χ0v) is 8.75. The van der Waals surface area contributed by atoms with Gasteiger partial charge in [0.05, 0.1) is 16.9 Å². The summed E-state index contributed by atoms with van der Waals surface area (Å²) in [5, 5.41) is 8.31. The lowest BCUT2D eigenvalue weighted by Gasteiger charge is -2.06. The Labute approximate surface area is 86.0 Å². The predicted octanol–water partition coefficient (Wildman–Crippen LogP) is 1.68. The molecule has 1 aromatic rings. The molecule has 0 spiro atoms. The van der Waals surface area contributed by atoms with Gasteiger partial charge in [0.15, 0.2) is 0 Å². The van der Waals surface area contributed by atoms with Crippen molar-refractivity contribution in [1.29, 1.82) is 5.26 Å². The molecule has 14 heavy (non-hydrogen) atoms. The Kier molecular flexibility index (Phi) is 3.66.